The minimum atomic E-state index is 0.166. The molecule has 0 aliphatic rings. The molecule has 1 aromatic carbocycles. The van der Waals surface area contributed by atoms with Gasteiger partial charge in [-0.2, -0.15) is 0 Å². The molecule has 1 radical (unpaired) electrons. The molecule has 0 spiro atoms. The molecule has 0 aliphatic carbocycles. The van der Waals surface area contributed by atoms with Crippen LogP contribution in [0.15, 0.2) is 35.3 Å². The summed E-state index contributed by atoms with van der Waals surface area (Å²) in [5, 5.41) is 0. The van der Waals surface area contributed by atoms with Crippen LogP contribution in [-0.4, -0.2) is 0 Å². The predicted octanol–water partition coefficient (Wildman–Crippen LogP) is 3.86. The van der Waals surface area contributed by atoms with Crippen molar-refractivity contribution in [3.63, 3.8) is 0 Å². The Kier molecular flexibility index (Phi) is 3.10. The van der Waals surface area contributed by atoms with Gasteiger partial charge in [-0.05, 0) is 25.0 Å². The Morgan fingerprint density at radius 1 is 1.50 bits per heavy atom. The lowest BCUT2D eigenvalue weighted by molar-refractivity contribution is 1.06. The Hall–Kier alpha value is -0.560. The molecule has 0 saturated heterocycles. The fourth-order valence-corrected chi connectivity index (χ4v) is 1.64. The summed E-state index contributed by atoms with van der Waals surface area (Å²) in [6.45, 7) is 9.78. The van der Waals surface area contributed by atoms with E-state index in [-0.39, 0.29) is 5.92 Å². The molecule has 0 N–H and O–H groups in total. The number of aryl methyl sites for hydroxylation is 1. The van der Waals surface area contributed by atoms with Gasteiger partial charge in [-0.3, -0.25) is 0 Å². The maximum atomic E-state index is 3.98. The third kappa shape index (κ3) is 1.78. The van der Waals surface area contributed by atoms with Gasteiger partial charge in [-0.1, -0.05) is 40.2 Å². The van der Waals surface area contributed by atoms with E-state index in [0.29, 0.717) is 0 Å². The van der Waals surface area contributed by atoms with Crippen LogP contribution in [0.5, 0.6) is 0 Å². The monoisotopic (exact) mass is 223 g/mol. The average Bonchev–Trinajstić information content (AvgIpc) is 2.08. The van der Waals surface area contributed by atoms with E-state index in [9.17, 15) is 0 Å². The highest BCUT2D eigenvalue weighted by Crippen LogP contribution is 2.27. The Morgan fingerprint density at radius 2 is 2.17 bits per heavy atom. The van der Waals surface area contributed by atoms with Gasteiger partial charge in [0.15, 0.2) is 0 Å². The SMILES string of the molecule is [CH2]C(C=C)c1cccc(C)c1Br. The summed E-state index contributed by atoms with van der Waals surface area (Å²) < 4.78 is 1.14. The van der Waals surface area contributed by atoms with E-state index in [0.717, 1.165) is 4.47 Å². The van der Waals surface area contributed by atoms with Crippen molar-refractivity contribution < 1.29 is 0 Å². The smallest absolute Gasteiger partial charge is 0.0242 e. The lowest BCUT2D eigenvalue weighted by atomic mass is 10.00. The zero-order chi connectivity index (χ0) is 9.14. The largest absolute Gasteiger partial charge is 0.102 e. The second-order valence-electron chi connectivity index (χ2n) is 2.82. The van der Waals surface area contributed by atoms with Gasteiger partial charge in [0.2, 0.25) is 0 Å². The highest BCUT2D eigenvalue weighted by atomic mass is 79.9. The molecule has 0 fully saturated rings. The maximum absolute atomic E-state index is 3.98. The zero-order valence-electron chi connectivity index (χ0n) is 7.18. The van der Waals surface area contributed by atoms with Gasteiger partial charge in [-0.15, -0.1) is 6.58 Å². The molecule has 0 bridgehead atoms. The van der Waals surface area contributed by atoms with E-state index in [4.69, 9.17) is 0 Å². The first-order valence-corrected chi connectivity index (χ1v) is 4.66. The van der Waals surface area contributed by atoms with Crippen LogP contribution in [0.25, 0.3) is 0 Å². The van der Waals surface area contributed by atoms with Gasteiger partial charge >= 0.3 is 0 Å². The molecule has 12 heavy (non-hydrogen) atoms. The molecule has 1 rings (SSSR count). The Balaban J connectivity index is 3.15. The lowest BCUT2D eigenvalue weighted by Gasteiger charge is -2.10. The van der Waals surface area contributed by atoms with Crippen LogP contribution in [0.4, 0.5) is 0 Å². The molecule has 1 unspecified atom stereocenters. The molecule has 1 atom stereocenters. The Morgan fingerprint density at radius 3 is 2.75 bits per heavy atom. The van der Waals surface area contributed by atoms with Gasteiger partial charge in [-0.25, -0.2) is 0 Å². The molecular weight excluding hydrogens is 212 g/mol. The van der Waals surface area contributed by atoms with E-state index in [1.165, 1.54) is 11.1 Å². The molecule has 1 heteroatoms. The normalized spacial score (nSPS) is 12.6. The first kappa shape index (κ1) is 9.53. The van der Waals surface area contributed by atoms with Crippen molar-refractivity contribution in [1.29, 1.82) is 0 Å². The van der Waals surface area contributed by atoms with Crippen molar-refractivity contribution in [1.82, 2.24) is 0 Å². The fourth-order valence-electron chi connectivity index (χ4n) is 1.08. The van der Waals surface area contributed by atoms with E-state index in [1.54, 1.807) is 0 Å². The zero-order valence-corrected chi connectivity index (χ0v) is 8.76. The molecule has 1 aromatic rings. The molecule has 0 aromatic heterocycles. The van der Waals surface area contributed by atoms with Crippen LogP contribution in [0.3, 0.4) is 0 Å². The maximum Gasteiger partial charge on any atom is 0.0242 e. The topological polar surface area (TPSA) is 0 Å². The van der Waals surface area contributed by atoms with E-state index < -0.39 is 0 Å². The fraction of sp³-hybridized carbons (Fsp3) is 0.182. The van der Waals surface area contributed by atoms with Gasteiger partial charge in [0.1, 0.15) is 0 Å². The van der Waals surface area contributed by atoms with Crippen molar-refractivity contribution in [3.05, 3.63) is 53.4 Å². The number of allylic oxidation sites excluding steroid dienone is 1. The number of halogens is 1. The predicted molar refractivity (Wildman–Crippen MR) is 57.2 cm³/mol. The van der Waals surface area contributed by atoms with Crippen molar-refractivity contribution in [3.8, 4) is 0 Å². The Labute approximate surface area is 82.4 Å². The summed E-state index contributed by atoms with van der Waals surface area (Å²) in [5.41, 5.74) is 2.44. The summed E-state index contributed by atoms with van der Waals surface area (Å²) in [4.78, 5) is 0. The van der Waals surface area contributed by atoms with Crippen LogP contribution in [0, 0.1) is 13.8 Å². The van der Waals surface area contributed by atoms with Gasteiger partial charge < -0.3 is 0 Å². The standard InChI is InChI=1S/C11H12Br/c1-4-8(2)10-7-5-6-9(3)11(10)12/h4-8H,1-2H2,3H3. The summed E-state index contributed by atoms with van der Waals surface area (Å²) in [6.07, 6.45) is 1.85. The number of hydrogen-bond donors (Lipinski definition) is 0. The highest BCUT2D eigenvalue weighted by Gasteiger charge is 2.06. The van der Waals surface area contributed by atoms with Crippen molar-refractivity contribution in [2.45, 2.75) is 12.8 Å². The van der Waals surface area contributed by atoms with Crippen LogP contribution in [-0.2, 0) is 0 Å². The number of benzene rings is 1. The van der Waals surface area contributed by atoms with Crippen LogP contribution in [0.2, 0.25) is 0 Å². The van der Waals surface area contributed by atoms with Gasteiger partial charge in [0.25, 0.3) is 0 Å². The molecule has 0 heterocycles. The molecular formula is C11H12Br. The highest BCUT2D eigenvalue weighted by molar-refractivity contribution is 9.10. The third-order valence-corrected chi connectivity index (χ3v) is 2.99. The van der Waals surface area contributed by atoms with E-state index >= 15 is 0 Å². The first-order chi connectivity index (χ1) is 5.66. The molecule has 0 nitrogen and oxygen atoms in total. The van der Waals surface area contributed by atoms with Crippen LogP contribution < -0.4 is 0 Å². The van der Waals surface area contributed by atoms with Gasteiger partial charge in [0, 0.05) is 10.4 Å². The number of rotatable bonds is 2. The second kappa shape index (κ2) is 3.90. The molecule has 63 valence electrons. The summed E-state index contributed by atoms with van der Waals surface area (Å²) in [6, 6.07) is 6.18. The van der Waals surface area contributed by atoms with Crippen molar-refractivity contribution >= 4 is 15.9 Å². The van der Waals surface area contributed by atoms with Gasteiger partial charge in [0.05, 0.1) is 0 Å². The molecule has 0 saturated carbocycles. The molecule has 0 amide bonds. The second-order valence-corrected chi connectivity index (χ2v) is 3.61. The van der Waals surface area contributed by atoms with Crippen LogP contribution >= 0.6 is 15.9 Å². The van der Waals surface area contributed by atoms with E-state index in [2.05, 4.69) is 48.5 Å². The summed E-state index contributed by atoms with van der Waals surface area (Å²) in [5.74, 6) is 0.166. The number of hydrogen-bond acceptors (Lipinski definition) is 0. The Bertz CT molecular complexity index is 289. The summed E-state index contributed by atoms with van der Waals surface area (Å²) in [7, 11) is 0. The average molecular weight is 224 g/mol. The van der Waals surface area contributed by atoms with Crippen LogP contribution in [0.1, 0.15) is 17.0 Å². The quantitative estimate of drug-likeness (QED) is 0.669. The minimum Gasteiger partial charge on any atom is -0.102 e. The van der Waals surface area contributed by atoms with Crippen molar-refractivity contribution in [2.24, 2.45) is 0 Å². The van der Waals surface area contributed by atoms with E-state index in [1.807, 2.05) is 12.1 Å². The summed E-state index contributed by atoms with van der Waals surface area (Å²) >= 11 is 3.53. The first-order valence-electron chi connectivity index (χ1n) is 3.87. The van der Waals surface area contributed by atoms with Crippen molar-refractivity contribution in [2.75, 3.05) is 0 Å². The minimum absolute atomic E-state index is 0.166. The lowest BCUT2D eigenvalue weighted by Crippen LogP contribution is -1.91. The third-order valence-electron chi connectivity index (χ3n) is 1.91. The molecule has 0 aliphatic heterocycles.